The molecule has 1 rings (SSSR count). The smallest absolute Gasteiger partial charge is 0.313 e. The maximum atomic E-state index is 11.5. The van der Waals surface area contributed by atoms with Crippen LogP contribution in [0.3, 0.4) is 0 Å². The summed E-state index contributed by atoms with van der Waals surface area (Å²) in [5.74, 6) is -0.954. The van der Waals surface area contributed by atoms with Gasteiger partial charge in [-0.25, -0.2) is 0 Å². The fourth-order valence-corrected chi connectivity index (χ4v) is 1.17. The molecule has 0 unspecified atom stereocenters. The van der Waals surface area contributed by atoms with E-state index in [-0.39, 0.29) is 6.54 Å². The molecular formula is C12H14N2O3. The number of hydrogen-bond acceptors (Lipinski definition) is 3. The van der Waals surface area contributed by atoms with E-state index in [2.05, 4.69) is 17.2 Å². The zero-order valence-electron chi connectivity index (χ0n) is 9.53. The quantitative estimate of drug-likeness (QED) is 0.601. The normalized spacial score (nSPS) is 9.24. The molecule has 2 N–H and O–H groups in total. The molecule has 0 heterocycles. The van der Waals surface area contributed by atoms with Gasteiger partial charge in [0.2, 0.25) is 0 Å². The molecule has 0 saturated carbocycles. The van der Waals surface area contributed by atoms with Crippen LogP contribution in [-0.4, -0.2) is 25.5 Å². The van der Waals surface area contributed by atoms with Crippen molar-refractivity contribution >= 4 is 17.5 Å². The van der Waals surface area contributed by atoms with Crippen LogP contribution in [0.15, 0.2) is 36.9 Å². The highest BCUT2D eigenvalue weighted by molar-refractivity contribution is 6.39. The maximum Gasteiger partial charge on any atom is 0.313 e. The van der Waals surface area contributed by atoms with Gasteiger partial charge in [0.15, 0.2) is 0 Å². The van der Waals surface area contributed by atoms with E-state index in [1.807, 2.05) is 0 Å². The summed E-state index contributed by atoms with van der Waals surface area (Å²) in [6.07, 6.45) is 1.49. The van der Waals surface area contributed by atoms with Crippen LogP contribution in [0.25, 0.3) is 0 Å². The fourth-order valence-electron chi connectivity index (χ4n) is 1.17. The van der Waals surface area contributed by atoms with E-state index in [1.165, 1.54) is 13.2 Å². The molecule has 90 valence electrons. The highest BCUT2D eigenvalue weighted by atomic mass is 16.5. The van der Waals surface area contributed by atoms with Crippen molar-refractivity contribution in [1.29, 1.82) is 0 Å². The molecule has 0 aliphatic rings. The lowest BCUT2D eigenvalue weighted by atomic mass is 10.3. The van der Waals surface area contributed by atoms with Crippen LogP contribution in [0.4, 0.5) is 5.69 Å². The summed E-state index contributed by atoms with van der Waals surface area (Å²) in [5.41, 5.74) is 0.453. The van der Waals surface area contributed by atoms with Crippen LogP contribution < -0.4 is 15.4 Å². The number of para-hydroxylation sites is 2. The third kappa shape index (κ3) is 3.64. The van der Waals surface area contributed by atoms with E-state index in [0.717, 1.165) is 0 Å². The zero-order chi connectivity index (χ0) is 12.7. The molecule has 0 aromatic heterocycles. The Kier molecular flexibility index (Phi) is 4.75. The topological polar surface area (TPSA) is 67.4 Å². The van der Waals surface area contributed by atoms with Crippen LogP contribution in [0.2, 0.25) is 0 Å². The standard InChI is InChI=1S/C12H14N2O3/c1-3-8-13-11(15)12(16)14-9-6-4-5-7-10(9)17-2/h3-7H,1,8H2,2H3,(H,13,15)(H,14,16). The molecule has 0 bridgehead atoms. The van der Waals surface area contributed by atoms with E-state index in [4.69, 9.17) is 4.74 Å². The number of hydrogen-bond donors (Lipinski definition) is 2. The van der Waals surface area contributed by atoms with Crippen molar-refractivity contribution in [2.75, 3.05) is 19.0 Å². The van der Waals surface area contributed by atoms with Crippen LogP contribution >= 0.6 is 0 Å². The summed E-state index contributed by atoms with van der Waals surface area (Å²) >= 11 is 0. The summed E-state index contributed by atoms with van der Waals surface area (Å²) in [7, 11) is 1.49. The van der Waals surface area contributed by atoms with Gasteiger partial charge in [0, 0.05) is 6.54 Å². The van der Waals surface area contributed by atoms with Gasteiger partial charge in [0.25, 0.3) is 0 Å². The highest BCUT2D eigenvalue weighted by Gasteiger charge is 2.14. The van der Waals surface area contributed by atoms with Crippen LogP contribution in [0, 0.1) is 0 Å². The number of methoxy groups -OCH3 is 1. The Balaban J connectivity index is 2.67. The number of ether oxygens (including phenoxy) is 1. The number of benzene rings is 1. The molecule has 1 aromatic carbocycles. The SMILES string of the molecule is C=CCNC(=O)C(=O)Nc1ccccc1OC. The monoisotopic (exact) mass is 234 g/mol. The lowest BCUT2D eigenvalue weighted by molar-refractivity contribution is -0.136. The lowest BCUT2D eigenvalue weighted by Crippen LogP contribution is -2.35. The first-order chi connectivity index (χ1) is 8.19. The number of rotatable bonds is 4. The lowest BCUT2D eigenvalue weighted by Gasteiger charge is -2.09. The van der Waals surface area contributed by atoms with Gasteiger partial charge in [-0.3, -0.25) is 9.59 Å². The van der Waals surface area contributed by atoms with Gasteiger partial charge in [0.1, 0.15) is 5.75 Å². The molecule has 2 amide bonds. The number of nitrogens with one attached hydrogen (secondary N) is 2. The van der Waals surface area contributed by atoms with E-state index in [0.29, 0.717) is 11.4 Å². The molecule has 5 heteroatoms. The van der Waals surface area contributed by atoms with E-state index >= 15 is 0 Å². The number of amides is 2. The van der Waals surface area contributed by atoms with Crippen LogP contribution in [0.1, 0.15) is 0 Å². The average molecular weight is 234 g/mol. The van der Waals surface area contributed by atoms with Gasteiger partial charge in [-0.2, -0.15) is 0 Å². The first kappa shape index (κ1) is 12.8. The maximum absolute atomic E-state index is 11.5. The molecule has 0 aliphatic heterocycles. The average Bonchev–Trinajstić information content (AvgIpc) is 2.36. The predicted octanol–water partition coefficient (Wildman–Crippen LogP) is 0.936. The Morgan fingerprint density at radius 3 is 2.71 bits per heavy atom. The summed E-state index contributed by atoms with van der Waals surface area (Å²) in [6.45, 7) is 3.69. The Bertz CT molecular complexity index is 430. The zero-order valence-corrected chi connectivity index (χ0v) is 9.53. The van der Waals surface area contributed by atoms with Crippen molar-refractivity contribution in [2.45, 2.75) is 0 Å². The largest absolute Gasteiger partial charge is 0.495 e. The van der Waals surface area contributed by atoms with Crippen molar-refractivity contribution in [3.8, 4) is 5.75 Å². The van der Waals surface area contributed by atoms with Gasteiger partial charge in [0.05, 0.1) is 12.8 Å². The van der Waals surface area contributed by atoms with E-state index in [1.54, 1.807) is 24.3 Å². The molecule has 5 nitrogen and oxygen atoms in total. The third-order valence-electron chi connectivity index (χ3n) is 1.97. The van der Waals surface area contributed by atoms with E-state index < -0.39 is 11.8 Å². The number of carbonyl (C=O) groups excluding carboxylic acids is 2. The molecule has 0 aliphatic carbocycles. The molecule has 0 spiro atoms. The molecule has 0 atom stereocenters. The van der Waals surface area contributed by atoms with E-state index in [9.17, 15) is 9.59 Å². The third-order valence-corrected chi connectivity index (χ3v) is 1.97. The first-order valence-corrected chi connectivity index (χ1v) is 5.02. The van der Waals surface area contributed by atoms with Crippen molar-refractivity contribution < 1.29 is 14.3 Å². The summed E-state index contributed by atoms with van der Waals surface area (Å²) in [5, 5.41) is 4.84. The predicted molar refractivity (Wildman–Crippen MR) is 64.8 cm³/mol. The number of anilines is 1. The molecule has 1 aromatic rings. The molecule has 17 heavy (non-hydrogen) atoms. The minimum Gasteiger partial charge on any atom is -0.495 e. The first-order valence-electron chi connectivity index (χ1n) is 5.02. The Morgan fingerprint density at radius 2 is 2.06 bits per heavy atom. The van der Waals surface area contributed by atoms with Gasteiger partial charge in [-0.15, -0.1) is 6.58 Å². The van der Waals surface area contributed by atoms with Crippen molar-refractivity contribution in [2.24, 2.45) is 0 Å². The Labute approximate surface area is 99.5 Å². The van der Waals surface area contributed by atoms with Crippen LogP contribution in [-0.2, 0) is 9.59 Å². The Morgan fingerprint density at radius 1 is 1.35 bits per heavy atom. The highest BCUT2D eigenvalue weighted by Crippen LogP contribution is 2.22. The Hall–Kier alpha value is -2.30. The molecule has 0 fully saturated rings. The van der Waals surface area contributed by atoms with Crippen molar-refractivity contribution in [3.63, 3.8) is 0 Å². The second-order valence-electron chi connectivity index (χ2n) is 3.15. The summed E-state index contributed by atoms with van der Waals surface area (Å²) in [6, 6.07) is 6.85. The van der Waals surface area contributed by atoms with Gasteiger partial charge in [-0.1, -0.05) is 18.2 Å². The summed E-state index contributed by atoms with van der Waals surface area (Å²) < 4.78 is 5.04. The van der Waals surface area contributed by atoms with Gasteiger partial charge < -0.3 is 15.4 Å². The minimum absolute atomic E-state index is 0.248. The summed E-state index contributed by atoms with van der Waals surface area (Å²) in [4.78, 5) is 22.8. The van der Waals surface area contributed by atoms with Gasteiger partial charge >= 0.3 is 11.8 Å². The van der Waals surface area contributed by atoms with Gasteiger partial charge in [-0.05, 0) is 12.1 Å². The minimum atomic E-state index is -0.739. The second kappa shape index (κ2) is 6.32. The fraction of sp³-hybridized carbons (Fsp3) is 0.167. The van der Waals surface area contributed by atoms with Crippen LogP contribution in [0.5, 0.6) is 5.75 Å². The van der Waals surface area contributed by atoms with Crippen molar-refractivity contribution in [3.05, 3.63) is 36.9 Å². The molecular weight excluding hydrogens is 220 g/mol. The molecule has 0 saturated heterocycles. The number of carbonyl (C=O) groups is 2. The van der Waals surface area contributed by atoms with Crippen molar-refractivity contribution in [1.82, 2.24) is 5.32 Å². The molecule has 0 radical (unpaired) electrons. The second-order valence-corrected chi connectivity index (χ2v) is 3.15.